The molecule has 2 aromatic heterocycles. The minimum Gasteiger partial charge on any atom is -0.398 e. The summed E-state index contributed by atoms with van der Waals surface area (Å²) in [5.74, 6) is -0.273. The number of pyridine rings is 1. The molecule has 6 heteroatoms. The van der Waals surface area contributed by atoms with Crippen LogP contribution in [0.5, 0.6) is 0 Å². The molecule has 2 aromatic rings. The van der Waals surface area contributed by atoms with Crippen LogP contribution in [-0.4, -0.2) is 21.1 Å². The first-order valence-corrected chi connectivity index (χ1v) is 5.43. The number of amides is 1. The lowest BCUT2D eigenvalue weighted by atomic mass is 10.2. The maximum Gasteiger partial charge on any atom is 0.255 e. The molecule has 3 N–H and O–H groups in total. The Balaban J connectivity index is 2.04. The first-order chi connectivity index (χ1) is 8.66. The monoisotopic (exact) mass is 243 g/mol. The zero-order valence-electron chi connectivity index (χ0n) is 9.92. The van der Waals surface area contributed by atoms with Crippen molar-refractivity contribution in [3.05, 3.63) is 47.5 Å². The molecule has 0 aliphatic rings. The number of carbonyl (C=O) groups is 1. The Bertz CT molecular complexity index is 556. The van der Waals surface area contributed by atoms with Gasteiger partial charge in [0.2, 0.25) is 0 Å². The first kappa shape index (κ1) is 12.0. The Morgan fingerprint density at radius 1 is 1.50 bits per heavy atom. The van der Waals surface area contributed by atoms with E-state index in [1.165, 1.54) is 6.20 Å². The summed E-state index contributed by atoms with van der Waals surface area (Å²) in [6.07, 6.45) is 3.05. The summed E-state index contributed by atoms with van der Waals surface area (Å²) in [6.45, 7) is 2.12. The molecule has 0 aliphatic carbocycles. The van der Waals surface area contributed by atoms with Crippen molar-refractivity contribution in [2.45, 2.75) is 13.5 Å². The topological polar surface area (TPSA) is 93.8 Å². The quantitative estimate of drug-likeness (QED) is 0.827. The summed E-state index contributed by atoms with van der Waals surface area (Å²) < 4.78 is 0. The van der Waals surface area contributed by atoms with Gasteiger partial charge in [0.15, 0.2) is 0 Å². The molecular formula is C12H13N5O. The average molecular weight is 243 g/mol. The molecule has 2 rings (SSSR count). The highest BCUT2D eigenvalue weighted by molar-refractivity contribution is 5.98. The van der Waals surface area contributed by atoms with E-state index in [0.29, 0.717) is 23.5 Å². The lowest BCUT2D eigenvalue weighted by Gasteiger charge is -2.06. The third-order valence-electron chi connectivity index (χ3n) is 2.37. The Kier molecular flexibility index (Phi) is 3.47. The van der Waals surface area contributed by atoms with E-state index in [0.717, 1.165) is 5.69 Å². The fourth-order valence-electron chi connectivity index (χ4n) is 1.46. The van der Waals surface area contributed by atoms with Crippen LogP contribution in [0.2, 0.25) is 0 Å². The number of nitrogens with one attached hydrogen (secondary N) is 1. The molecule has 0 saturated heterocycles. The van der Waals surface area contributed by atoms with Gasteiger partial charge in [0, 0.05) is 23.8 Å². The van der Waals surface area contributed by atoms with Crippen molar-refractivity contribution in [3.63, 3.8) is 0 Å². The van der Waals surface area contributed by atoms with Crippen LogP contribution in [0, 0.1) is 6.92 Å². The van der Waals surface area contributed by atoms with Crippen molar-refractivity contribution in [3.8, 4) is 0 Å². The van der Waals surface area contributed by atoms with Gasteiger partial charge < -0.3 is 11.1 Å². The number of aromatic nitrogens is 3. The van der Waals surface area contributed by atoms with Crippen molar-refractivity contribution >= 4 is 11.6 Å². The van der Waals surface area contributed by atoms with Crippen LogP contribution >= 0.6 is 0 Å². The lowest BCUT2D eigenvalue weighted by Crippen LogP contribution is -2.24. The summed E-state index contributed by atoms with van der Waals surface area (Å²) in [5, 5.41) is 10.3. The first-order valence-electron chi connectivity index (χ1n) is 5.43. The average Bonchev–Trinajstić information content (AvgIpc) is 2.37. The van der Waals surface area contributed by atoms with E-state index >= 15 is 0 Å². The van der Waals surface area contributed by atoms with Gasteiger partial charge in [-0.1, -0.05) is 0 Å². The zero-order chi connectivity index (χ0) is 13.0. The van der Waals surface area contributed by atoms with Crippen molar-refractivity contribution < 1.29 is 4.79 Å². The minimum atomic E-state index is -0.273. The van der Waals surface area contributed by atoms with Crippen molar-refractivity contribution in [2.24, 2.45) is 0 Å². The van der Waals surface area contributed by atoms with Crippen LogP contribution in [-0.2, 0) is 6.54 Å². The smallest absolute Gasteiger partial charge is 0.255 e. The molecule has 6 nitrogen and oxygen atoms in total. The molecule has 18 heavy (non-hydrogen) atoms. The van der Waals surface area contributed by atoms with E-state index in [9.17, 15) is 4.79 Å². The molecule has 0 aromatic carbocycles. The van der Waals surface area contributed by atoms with E-state index < -0.39 is 0 Å². The van der Waals surface area contributed by atoms with Crippen LogP contribution in [0.3, 0.4) is 0 Å². The number of hydrogen-bond donors (Lipinski definition) is 2. The lowest BCUT2D eigenvalue weighted by molar-refractivity contribution is 0.0951. The van der Waals surface area contributed by atoms with E-state index in [1.54, 1.807) is 24.4 Å². The SMILES string of the molecule is Cc1cc(N)c(C(=O)NCc2cccnn2)cn1. The maximum atomic E-state index is 11.9. The Morgan fingerprint density at radius 3 is 3.00 bits per heavy atom. The van der Waals surface area contributed by atoms with Crippen LogP contribution < -0.4 is 11.1 Å². The number of hydrogen-bond acceptors (Lipinski definition) is 5. The number of aryl methyl sites for hydroxylation is 1. The fraction of sp³-hybridized carbons (Fsp3) is 0.167. The second kappa shape index (κ2) is 5.22. The number of nitrogens with two attached hydrogens (primary N) is 1. The predicted molar refractivity (Wildman–Crippen MR) is 66.6 cm³/mol. The fourth-order valence-corrected chi connectivity index (χ4v) is 1.46. The Morgan fingerprint density at radius 2 is 2.33 bits per heavy atom. The van der Waals surface area contributed by atoms with Crippen molar-refractivity contribution in [1.29, 1.82) is 0 Å². The minimum absolute atomic E-state index is 0.273. The summed E-state index contributed by atoms with van der Waals surface area (Å²) in [7, 11) is 0. The van der Waals surface area contributed by atoms with Gasteiger partial charge in [0.1, 0.15) is 0 Å². The van der Waals surface area contributed by atoms with E-state index in [4.69, 9.17) is 5.73 Å². The molecule has 0 bridgehead atoms. The summed E-state index contributed by atoms with van der Waals surface area (Å²) in [5.41, 5.74) is 8.00. The van der Waals surface area contributed by atoms with Gasteiger partial charge in [0.05, 0.1) is 17.8 Å². The largest absolute Gasteiger partial charge is 0.398 e. The van der Waals surface area contributed by atoms with Gasteiger partial charge in [-0.05, 0) is 25.1 Å². The van der Waals surface area contributed by atoms with Gasteiger partial charge in [-0.2, -0.15) is 10.2 Å². The zero-order valence-corrected chi connectivity index (χ0v) is 9.92. The number of nitrogens with zero attached hydrogens (tertiary/aromatic N) is 3. The van der Waals surface area contributed by atoms with Crippen LogP contribution in [0.1, 0.15) is 21.7 Å². The molecule has 0 aliphatic heterocycles. The van der Waals surface area contributed by atoms with Crippen molar-refractivity contribution in [1.82, 2.24) is 20.5 Å². The third-order valence-corrected chi connectivity index (χ3v) is 2.37. The highest BCUT2D eigenvalue weighted by Crippen LogP contribution is 2.11. The summed E-state index contributed by atoms with van der Waals surface area (Å²) in [6, 6.07) is 5.21. The molecule has 0 atom stereocenters. The number of carbonyl (C=O) groups excluding carboxylic acids is 1. The Hall–Kier alpha value is -2.50. The highest BCUT2D eigenvalue weighted by atomic mass is 16.1. The second-order valence-electron chi connectivity index (χ2n) is 3.81. The normalized spacial score (nSPS) is 10.1. The standard InChI is InChI=1S/C12H13N5O/c1-8-5-11(13)10(7-14-8)12(18)15-6-9-3-2-4-16-17-9/h2-5,7H,6H2,1H3,(H2,13,14)(H,15,18). The number of anilines is 1. The van der Waals surface area contributed by atoms with E-state index in [-0.39, 0.29) is 5.91 Å². The van der Waals surface area contributed by atoms with Gasteiger partial charge in [-0.3, -0.25) is 9.78 Å². The molecular weight excluding hydrogens is 230 g/mol. The predicted octanol–water partition coefficient (Wildman–Crippen LogP) is 0.692. The molecule has 0 fully saturated rings. The molecule has 0 spiro atoms. The van der Waals surface area contributed by atoms with E-state index in [1.807, 2.05) is 6.92 Å². The number of nitrogen functional groups attached to an aromatic ring is 1. The number of rotatable bonds is 3. The third kappa shape index (κ3) is 2.79. The summed E-state index contributed by atoms with van der Waals surface area (Å²) in [4.78, 5) is 15.9. The summed E-state index contributed by atoms with van der Waals surface area (Å²) >= 11 is 0. The molecule has 0 radical (unpaired) electrons. The van der Waals surface area contributed by atoms with Gasteiger partial charge in [-0.25, -0.2) is 0 Å². The van der Waals surface area contributed by atoms with Crippen LogP contribution in [0.4, 0.5) is 5.69 Å². The van der Waals surface area contributed by atoms with Crippen LogP contribution in [0.25, 0.3) is 0 Å². The van der Waals surface area contributed by atoms with Gasteiger partial charge in [-0.15, -0.1) is 0 Å². The van der Waals surface area contributed by atoms with Gasteiger partial charge in [0.25, 0.3) is 5.91 Å². The highest BCUT2D eigenvalue weighted by Gasteiger charge is 2.10. The van der Waals surface area contributed by atoms with E-state index in [2.05, 4.69) is 20.5 Å². The van der Waals surface area contributed by atoms with Crippen LogP contribution in [0.15, 0.2) is 30.6 Å². The molecule has 2 heterocycles. The molecule has 1 amide bonds. The maximum absolute atomic E-state index is 11.9. The molecule has 92 valence electrons. The Labute approximate surface area is 104 Å². The second-order valence-corrected chi connectivity index (χ2v) is 3.81. The molecule has 0 saturated carbocycles. The van der Waals surface area contributed by atoms with Gasteiger partial charge >= 0.3 is 0 Å². The van der Waals surface area contributed by atoms with Crippen molar-refractivity contribution in [2.75, 3.05) is 5.73 Å². The molecule has 0 unspecified atom stereocenters.